The summed E-state index contributed by atoms with van der Waals surface area (Å²) in [6.45, 7) is 3.69. The van der Waals surface area contributed by atoms with E-state index in [2.05, 4.69) is 0 Å². The summed E-state index contributed by atoms with van der Waals surface area (Å²) in [6.07, 6.45) is 2.06. The summed E-state index contributed by atoms with van der Waals surface area (Å²) in [7, 11) is 0. The van der Waals surface area contributed by atoms with E-state index in [-0.39, 0.29) is 5.91 Å². The Morgan fingerprint density at radius 3 is 2.71 bits per heavy atom. The van der Waals surface area contributed by atoms with Gasteiger partial charge in [-0.3, -0.25) is 4.79 Å². The number of carbonyl (C=O) groups excluding carboxylic acids is 1. The van der Waals surface area contributed by atoms with Gasteiger partial charge in [0.05, 0.1) is 0 Å². The predicted molar refractivity (Wildman–Crippen MR) is 70.5 cm³/mol. The van der Waals surface area contributed by atoms with Gasteiger partial charge in [-0.25, -0.2) is 0 Å². The van der Waals surface area contributed by atoms with Crippen LogP contribution in [-0.2, 0) is 0 Å². The van der Waals surface area contributed by atoms with Gasteiger partial charge in [0.2, 0.25) is 0 Å². The molecule has 0 atom stereocenters. The third kappa shape index (κ3) is 3.01. The van der Waals surface area contributed by atoms with E-state index >= 15 is 0 Å². The van der Waals surface area contributed by atoms with Gasteiger partial charge in [-0.15, -0.1) is 11.6 Å². The first kappa shape index (κ1) is 12.4. The topological polar surface area (TPSA) is 20.3 Å². The number of amides is 1. The lowest BCUT2D eigenvalue weighted by molar-refractivity contribution is 0.0698. The number of carbonyl (C=O) groups is 1. The van der Waals surface area contributed by atoms with Crippen LogP contribution in [0, 0.1) is 12.8 Å². The fourth-order valence-corrected chi connectivity index (χ4v) is 2.56. The SMILES string of the molecule is Cc1cccc(C(=O)N2CCC(CCl)CC2)c1. The molecule has 1 amide bonds. The Bertz CT molecular complexity index is 397. The summed E-state index contributed by atoms with van der Waals surface area (Å²) in [6, 6.07) is 7.80. The number of likely N-dealkylation sites (tertiary alicyclic amines) is 1. The smallest absolute Gasteiger partial charge is 0.253 e. The third-order valence-electron chi connectivity index (χ3n) is 3.38. The fraction of sp³-hybridized carbons (Fsp3) is 0.500. The maximum Gasteiger partial charge on any atom is 0.253 e. The van der Waals surface area contributed by atoms with Crippen molar-refractivity contribution in [3.63, 3.8) is 0 Å². The average Bonchev–Trinajstić information content (AvgIpc) is 2.38. The van der Waals surface area contributed by atoms with Crippen molar-refractivity contribution in [3.05, 3.63) is 35.4 Å². The number of benzene rings is 1. The van der Waals surface area contributed by atoms with Crippen LogP contribution in [0.4, 0.5) is 0 Å². The molecule has 0 aromatic heterocycles. The van der Waals surface area contributed by atoms with E-state index in [1.165, 1.54) is 0 Å². The Kier molecular flexibility index (Phi) is 4.06. The van der Waals surface area contributed by atoms with Crippen LogP contribution in [0.15, 0.2) is 24.3 Å². The van der Waals surface area contributed by atoms with Gasteiger partial charge in [0.1, 0.15) is 0 Å². The highest BCUT2D eigenvalue weighted by Gasteiger charge is 2.22. The molecular formula is C14H18ClNO. The monoisotopic (exact) mass is 251 g/mol. The lowest BCUT2D eigenvalue weighted by atomic mass is 9.98. The largest absolute Gasteiger partial charge is 0.339 e. The molecule has 0 N–H and O–H groups in total. The minimum atomic E-state index is 0.154. The lowest BCUT2D eigenvalue weighted by Gasteiger charge is -2.31. The zero-order valence-electron chi connectivity index (χ0n) is 10.2. The molecule has 17 heavy (non-hydrogen) atoms. The van der Waals surface area contributed by atoms with Gasteiger partial charge in [0, 0.05) is 24.5 Å². The Morgan fingerprint density at radius 1 is 1.41 bits per heavy atom. The van der Waals surface area contributed by atoms with Crippen LogP contribution in [0.5, 0.6) is 0 Å². The molecule has 0 aliphatic carbocycles. The number of hydrogen-bond acceptors (Lipinski definition) is 1. The molecule has 0 radical (unpaired) electrons. The molecule has 2 rings (SSSR count). The van der Waals surface area contributed by atoms with Gasteiger partial charge >= 0.3 is 0 Å². The van der Waals surface area contributed by atoms with Crippen LogP contribution in [0.25, 0.3) is 0 Å². The van der Waals surface area contributed by atoms with Crippen molar-refractivity contribution in [1.29, 1.82) is 0 Å². The van der Waals surface area contributed by atoms with Crippen molar-refractivity contribution in [3.8, 4) is 0 Å². The lowest BCUT2D eigenvalue weighted by Crippen LogP contribution is -2.38. The van der Waals surface area contributed by atoms with E-state index in [0.717, 1.165) is 37.1 Å². The summed E-state index contributed by atoms with van der Waals surface area (Å²) >= 11 is 5.84. The summed E-state index contributed by atoms with van der Waals surface area (Å²) in [5.74, 6) is 1.45. The molecule has 1 aromatic rings. The van der Waals surface area contributed by atoms with Crippen molar-refractivity contribution in [1.82, 2.24) is 4.90 Å². The second-order valence-corrected chi connectivity index (χ2v) is 5.07. The van der Waals surface area contributed by atoms with E-state index in [4.69, 9.17) is 11.6 Å². The second kappa shape index (κ2) is 5.54. The Balaban J connectivity index is 2.02. The molecule has 0 unspecified atom stereocenters. The minimum absolute atomic E-state index is 0.154. The maximum atomic E-state index is 12.2. The van der Waals surface area contributed by atoms with Crippen molar-refractivity contribution >= 4 is 17.5 Å². The van der Waals surface area contributed by atoms with Crippen LogP contribution in [-0.4, -0.2) is 29.8 Å². The molecule has 0 bridgehead atoms. The molecule has 1 aromatic carbocycles. The number of alkyl halides is 1. The first-order valence-electron chi connectivity index (χ1n) is 6.12. The third-order valence-corrected chi connectivity index (χ3v) is 3.82. The molecule has 1 aliphatic heterocycles. The molecule has 1 heterocycles. The Morgan fingerprint density at radius 2 is 2.12 bits per heavy atom. The van der Waals surface area contributed by atoms with Gasteiger partial charge in [-0.2, -0.15) is 0 Å². The van der Waals surface area contributed by atoms with Gasteiger partial charge in [-0.05, 0) is 37.8 Å². The normalized spacial score (nSPS) is 17.2. The standard InChI is InChI=1S/C14H18ClNO/c1-11-3-2-4-13(9-11)14(17)16-7-5-12(10-15)6-8-16/h2-4,9,12H,5-8,10H2,1H3. The minimum Gasteiger partial charge on any atom is -0.339 e. The van der Waals surface area contributed by atoms with Gasteiger partial charge in [0.15, 0.2) is 0 Å². The molecule has 0 saturated carbocycles. The number of aryl methyl sites for hydroxylation is 1. The van der Waals surface area contributed by atoms with Crippen LogP contribution >= 0.6 is 11.6 Å². The van der Waals surface area contributed by atoms with Crippen LogP contribution < -0.4 is 0 Å². The molecule has 1 saturated heterocycles. The van der Waals surface area contributed by atoms with E-state index in [1.54, 1.807) is 0 Å². The van der Waals surface area contributed by atoms with Crippen molar-refractivity contribution in [2.75, 3.05) is 19.0 Å². The number of piperidine rings is 1. The van der Waals surface area contributed by atoms with E-state index < -0.39 is 0 Å². The summed E-state index contributed by atoms with van der Waals surface area (Å²) in [5, 5.41) is 0. The number of hydrogen-bond donors (Lipinski definition) is 0. The second-order valence-electron chi connectivity index (χ2n) is 4.76. The molecule has 2 nitrogen and oxygen atoms in total. The van der Waals surface area contributed by atoms with E-state index in [1.807, 2.05) is 36.1 Å². The summed E-state index contributed by atoms with van der Waals surface area (Å²) in [4.78, 5) is 14.2. The maximum absolute atomic E-state index is 12.2. The molecule has 0 spiro atoms. The van der Waals surface area contributed by atoms with Crippen molar-refractivity contribution in [2.24, 2.45) is 5.92 Å². The van der Waals surface area contributed by atoms with Gasteiger partial charge < -0.3 is 4.90 Å². The van der Waals surface area contributed by atoms with Crippen molar-refractivity contribution < 1.29 is 4.79 Å². The molecular weight excluding hydrogens is 234 g/mol. The van der Waals surface area contributed by atoms with E-state index in [0.29, 0.717) is 11.8 Å². The molecule has 92 valence electrons. The quantitative estimate of drug-likeness (QED) is 0.740. The van der Waals surface area contributed by atoms with E-state index in [9.17, 15) is 4.79 Å². The zero-order valence-corrected chi connectivity index (χ0v) is 10.9. The Labute approximate surface area is 108 Å². The first-order valence-corrected chi connectivity index (χ1v) is 6.66. The van der Waals surface area contributed by atoms with Gasteiger partial charge in [0.25, 0.3) is 5.91 Å². The zero-order chi connectivity index (χ0) is 12.3. The fourth-order valence-electron chi connectivity index (χ4n) is 2.25. The number of nitrogens with zero attached hydrogens (tertiary/aromatic N) is 1. The van der Waals surface area contributed by atoms with Crippen LogP contribution in [0.2, 0.25) is 0 Å². The van der Waals surface area contributed by atoms with Crippen LogP contribution in [0.1, 0.15) is 28.8 Å². The highest BCUT2D eigenvalue weighted by molar-refractivity contribution is 6.18. The average molecular weight is 252 g/mol. The Hall–Kier alpha value is -1.02. The molecule has 1 aliphatic rings. The summed E-state index contributed by atoms with van der Waals surface area (Å²) in [5.41, 5.74) is 1.93. The predicted octanol–water partition coefficient (Wildman–Crippen LogP) is 3.09. The highest BCUT2D eigenvalue weighted by Crippen LogP contribution is 2.20. The highest BCUT2D eigenvalue weighted by atomic mass is 35.5. The van der Waals surface area contributed by atoms with Gasteiger partial charge in [-0.1, -0.05) is 17.7 Å². The first-order chi connectivity index (χ1) is 8.20. The van der Waals surface area contributed by atoms with Crippen molar-refractivity contribution in [2.45, 2.75) is 19.8 Å². The summed E-state index contributed by atoms with van der Waals surface area (Å²) < 4.78 is 0. The molecule has 1 fully saturated rings. The number of halogens is 1. The van der Waals surface area contributed by atoms with Crippen LogP contribution in [0.3, 0.4) is 0 Å². The molecule has 3 heteroatoms. The number of rotatable bonds is 2.